The van der Waals surface area contributed by atoms with Gasteiger partial charge in [-0.05, 0) is 74.2 Å². The molecule has 0 amide bonds. The second-order valence-electron chi connectivity index (χ2n) is 6.15. The predicted molar refractivity (Wildman–Crippen MR) is 59.3 cm³/mol. The molecule has 4 rings (SSSR count). The van der Waals surface area contributed by atoms with Gasteiger partial charge in [0.2, 0.25) is 0 Å². The highest BCUT2D eigenvalue weighted by atomic mass is 16.4. The number of carboxylic acids is 1. The maximum Gasteiger partial charge on any atom is 0.0668 e. The molecule has 2 nitrogen and oxygen atoms in total. The molecule has 88 valence electrons. The summed E-state index contributed by atoms with van der Waals surface area (Å²) in [7, 11) is 0. The average molecular weight is 219 g/mol. The van der Waals surface area contributed by atoms with Crippen LogP contribution < -0.4 is 5.11 Å². The smallest absolute Gasteiger partial charge is 0.0668 e. The summed E-state index contributed by atoms with van der Waals surface area (Å²) in [4.78, 5) is 10.8. The van der Waals surface area contributed by atoms with E-state index in [9.17, 15) is 9.90 Å². The van der Waals surface area contributed by atoms with E-state index in [0.717, 1.165) is 23.7 Å². The van der Waals surface area contributed by atoms with Gasteiger partial charge < -0.3 is 9.90 Å². The van der Waals surface area contributed by atoms with E-state index in [1.54, 1.807) is 6.92 Å². The third-order valence-electron chi connectivity index (χ3n) is 5.06. The van der Waals surface area contributed by atoms with Crippen molar-refractivity contribution in [2.45, 2.75) is 39.0 Å². The monoisotopic (exact) mass is 219 g/mol. The first kappa shape index (κ1) is 10.4. The van der Waals surface area contributed by atoms with E-state index in [4.69, 9.17) is 0 Å². The first-order valence-electron chi connectivity index (χ1n) is 6.53. The van der Waals surface area contributed by atoms with Gasteiger partial charge in [-0.15, -0.1) is 0 Å². The highest BCUT2D eigenvalue weighted by molar-refractivity contribution is 5.83. The fourth-order valence-corrected chi connectivity index (χ4v) is 4.60. The van der Waals surface area contributed by atoms with Crippen LogP contribution in [0.4, 0.5) is 0 Å². The second kappa shape index (κ2) is 3.61. The van der Waals surface area contributed by atoms with Gasteiger partial charge in [0.1, 0.15) is 0 Å². The highest BCUT2D eigenvalue weighted by Crippen LogP contribution is 2.56. The molecule has 0 aromatic heterocycles. The number of hydrogen-bond acceptors (Lipinski definition) is 2. The zero-order valence-corrected chi connectivity index (χ0v) is 9.82. The van der Waals surface area contributed by atoms with Crippen LogP contribution in [0.1, 0.15) is 39.0 Å². The number of carbonyl (C=O) groups is 1. The van der Waals surface area contributed by atoms with Crippen molar-refractivity contribution in [3.05, 3.63) is 11.6 Å². The van der Waals surface area contributed by atoms with Crippen molar-refractivity contribution in [3.8, 4) is 0 Å². The average Bonchev–Trinajstić information content (AvgIpc) is 2.21. The van der Waals surface area contributed by atoms with Gasteiger partial charge in [0, 0.05) is 0 Å². The quantitative estimate of drug-likeness (QED) is 0.664. The summed E-state index contributed by atoms with van der Waals surface area (Å²) >= 11 is 0. The van der Waals surface area contributed by atoms with Gasteiger partial charge in [-0.3, -0.25) is 0 Å². The Morgan fingerprint density at radius 3 is 2.00 bits per heavy atom. The topological polar surface area (TPSA) is 40.1 Å². The standard InChI is InChI=1S/C14H20O2/c1-8(14(15)16)2-13-11-4-9-3-10(6-11)7-12(13)5-9/h2,9-13H,3-7H2,1H3,(H,15,16)/p-1/b8-2+. The summed E-state index contributed by atoms with van der Waals surface area (Å²) in [5, 5.41) is 10.8. The summed E-state index contributed by atoms with van der Waals surface area (Å²) < 4.78 is 0. The summed E-state index contributed by atoms with van der Waals surface area (Å²) in [5.41, 5.74) is 0.442. The van der Waals surface area contributed by atoms with Crippen molar-refractivity contribution in [1.29, 1.82) is 0 Å². The maximum atomic E-state index is 10.8. The third-order valence-corrected chi connectivity index (χ3v) is 5.06. The third kappa shape index (κ3) is 1.59. The first-order valence-corrected chi connectivity index (χ1v) is 6.53. The molecule has 0 N–H and O–H groups in total. The predicted octanol–water partition coefficient (Wildman–Crippen LogP) is 1.75. The van der Waals surface area contributed by atoms with Gasteiger partial charge in [-0.1, -0.05) is 6.08 Å². The van der Waals surface area contributed by atoms with Gasteiger partial charge in [-0.25, -0.2) is 0 Å². The van der Waals surface area contributed by atoms with Crippen LogP contribution in [0.5, 0.6) is 0 Å². The molecule has 0 heterocycles. The molecule has 2 heteroatoms. The summed E-state index contributed by atoms with van der Waals surface area (Å²) in [6.07, 6.45) is 8.82. The molecule has 4 saturated carbocycles. The summed E-state index contributed by atoms with van der Waals surface area (Å²) in [6, 6.07) is 0. The number of aliphatic carboxylic acids is 1. The van der Waals surface area contributed by atoms with E-state index in [-0.39, 0.29) is 0 Å². The Labute approximate surface area is 96.7 Å². The molecule has 0 radical (unpaired) electrons. The van der Waals surface area contributed by atoms with Crippen LogP contribution in [0.2, 0.25) is 0 Å². The lowest BCUT2D eigenvalue weighted by Gasteiger charge is -2.54. The van der Waals surface area contributed by atoms with E-state index >= 15 is 0 Å². The molecule has 4 bridgehead atoms. The van der Waals surface area contributed by atoms with Crippen LogP contribution in [0, 0.1) is 29.6 Å². The van der Waals surface area contributed by atoms with Crippen molar-refractivity contribution >= 4 is 5.97 Å². The van der Waals surface area contributed by atoms with Gasteiger partial charge in [0.15, 0.2) is 0 Å². The SMILES string of the molecule is C/C(=C\C1C2CC3CC(C2)CC1C3)C(=O)[O-]. The Balaban J connectivity index is 1.82. The number of rotatable bonds is 2. The molecule has 0 aliphatic heterocycles. The van der Waals surface area contributed by atoms with Crippen LogP contribution in [0.15, 0.2) is 11.6 Å². The molecule has 0 aromatic carbocycles. The Kier molecular flexibility index (Phi) is 2.34. The minimum atomic E-state index is -0.992. The van der Waals surface area contributed by atoms with Crippen molar-refractivity contribution < 1.29 is 9.90 Å². The van der Waals surface area contributed by atoms with Crippen LogP contribution >= 0.6 is 0 Å². The van der Waals surface area contributed by atoms with Gasteiger partial charge in [-0.2, -0.15) is 0 Å². The second-order valence-corrected chi connectivity index (χ2v) is 6.15. The molecule has 0 saturated heterocycles. The van der Waals surface area contributed by atoms with E-state index in [2.05, 4.69) is 0 Å². The number of carbonyl (C=O) groups excluding carboxylic acids is 1. The van der Waals surface area contributed by atoms with Crippen LogP contribution in [-0.2, 0) is 4.79 Å². The summed E-state index contributed by atoms with van der Waals surface area (Å²) in [5.74, 6) is 2.99. The normalized spacial score (nSPS) is 46.1. The number of hydrogen-bond donors (Lipinski definition) is 0. The van der Waals surface area contributed by atoms with E-state index in [0.29, 0.717) is 11.5 Å². The largest absolute Gasteiger partial charge is 0.545 e. The Morgan fingerprint density at radius 2 is 1.56 bits per heavy atom. The first-order chi connectivity index (χ1) is 7.63. The van der Waals surface area contributed by atoms with E-state index in [1.165, 1.54) is 32.1 Å². The number of carboxylic acid groups (broad SMARTS) is 1. The molecule has 4 fully saturated rings. The molecule has 4 aliphatic rings. The Morgan fingerprint density at radius 1 is 1.06 bits per heavy atom. The van der Waals surface area contributed by atoms with E-state index in [1.807, 2.05) is 6.08 Å². The summed E-state index contributed by atoms with van der Waals surface area (Å²) in [6.45, 7) is 1.68. The molecule has 4 aliphatic carbocycles. The van der Waals surface area contributed by atoms with Crippen LogP contribution in [-0.4, -0.2) is 5.97 Å². The van der Waals surface area contributed by atoms with Gasteiger partial charge in [0.25, 0.3) is 0 Å². The fourth-order valence-electron chi connectivity index (χ4n) is 4.60. The van der Waals surface area contributed by atoms with Crippen molar-refractivity contribution in [1.82, 2.24) is 0 Å². The van der Waals surface area contributed by atoms with E-state index < -0.39 is 5.97 Å². The maximum absolute atomic E-state index is 10.8. The lowest BCUT2D eigenvalue weighted by atomic mass is 9.52. The molecule has 0 unspecified atom stereocenters. The molecular formula is C14H19O2-. The molecule has 16 heavy (non-hydrogen) atoms. The van der Waals surface area contributed by atoms with Crippen LogP contribution in [0.3, 0.4) is 0 Å². The highest BCUT2D eigenvalue weighted by Gasteiger charge is 2.47. The Hall–Kier alpha value is -0.790. The minimum absolute atomic E-state index is 0.442. The number of allylic oxidation sites excluding steroid dienone is 1. The lowest BCUT2D eigenvalue weighted by Crippen LogP contribution is -2.44. The Bertz CT molecular complexity index is 315. The fraction of sp³-hybridized carbons (Fsp3) is 0.786. The molecular weight excluding hydrogens is 200 g/mol. The molecule has 0 spiro atoms. The molecule has 0 aromatic rings. The van der Waals surface area contributed by atoms with Gasteiger partial charge in [0.05, 0.1) is 5.97 Å². The van der Waals surface area contributed by atoms with Crippen molar-refractivity contribution in [2.24, 2.45) is 29.6 Å². The zero-order valence-electron chi connectivity index (χ0n) is 9.82. The minimum Gasteiger partial charge on any atom is -0.545 e. The van der Waals surface area contributed by atoms with Crippen molar-refractivity contribution in [3.63, 3.8) is 0 Å². The lowest BCUT2D eigenvalue weighted by molar-refractivity contribution is -0.299. The van der Waals surface area contributed by atoms with Crippen LogP contribution in [0.25, 0.3) is 0 Å². The van der Waals surface area contributed by atoms with Gasteiger partial charge >= 0.3 is 0 Å². The van der Waals surface area contributed by atoms with Crippen molar-refractivity contribution in [2.75, 3.05) is 0 Å². The zero-order chi connectivity index (χ0) is 11.3. The molecule has 0 atom stereocenters.